The zero-order valence-corrected chi connectivity index (χ0v) is 16.4. The van der Waals surface area contributed by atoms with Crippen molar-refractivity contribution in [3.05, 3.63) is 83.4 Å². The second-order valence-corrected chi connectivity index (χ2v) is 8.76. The quantitative estimate of drug-likeness (QED) is 0.657. The Hall–Kier alpha value is -2.57. The van der Waals surface area contributed by atoms with Crippen LogP contribution in [0.1, 0.15) is 17.0 Å². The van der Waals surface area contributed by atoms with Crippen LogP contribution in [0.3, 0.4) is 0 Å². The maximum absolute atomic E-state index is 14.4. The molecule has 1 N–H and O–H groups in total. The molecule has 28 heavy (non-hydrogen) atoms. The molecule has 0 aliphatic carbocycles. The van der Waals surface area contributed by atoms with E-state index in [2.05, 4.69) is 4.98 Å². The van der Waals surface area contributed by atoms with Gasteiger partial charge in [-0.05, 0) is 67.3 Å². The van der Waals surface area contributed by atoms with E-state index in [9.17, 15) is 12.8 Å². The number of aliphatic hydroxyl groups is 1. The van der Waals surface area contributed by atoms with Crippen LogP contribution in [0.25, 0.3) is 11.1 Å². The number of sulfone groups is 1. The Bertz CT molecular complexity index is 1060. The molecule has 0 aliphatic heterocycles. The summed E-state index contributed by atoms with van der Waals surface area (Å²) in [6, 6.07) is 17.0. The van der Waals surface area contributed by atoms with E-state index in [1.54, 1.807) is 24.3 Å². The van der Waals surface area contributed by atoms with Gasteiger partial charge >= 0.3 is 0 Å². The smallest absolute Gasteiger partial charge is 0.180 e. The van der Waals surface area contributed by atoms with Gasteiger partial charge in [0.1, 0.15) is 5.82 Å². The minimum Gasteiger partial charge on any atom is -0.395 e. The Balaban J connectivity index is 1.81. The number of aryl methyl sites for hydroxylation is 3. The Morgan fingerprint density at radius 3 is 2.43 bits per heavy atom. The first-order valence-electron chi connectivity index (χ1n) is 9.04. The van der Waals surface area contributed by atoms with E-state index >= 15 is 0 Å². The summed E-state index contributed by atoms with van der Waals surface area (Å²) in [6.07, 6.45) is 1.48. The predicted molar refractivity (Wildman–Crippen MR) is 107 cm³/mol. The van der Waals surface area contributed by atoms with Crippen molar-refractivity contribution in [1.82, 2.24) is 4.98 Å². The molecule has 6 heteroatoms. The molecular weight excluding hydrogens is 377 g/mol. The molecular formula is C22H22FNO3S. The first-order chi connectivity index (χ1) is 13.4. The minimum atomic E-state index is -3.52. The Kier molecular flexibility index (Phi) is 6.21. The minimum absolute atomic E-state index is 0.118. The molecule has 146 valence electrons. The fourth-order valence-electron chi connectivity index (χ4n) is 3.04. The Labute approximate surface area is 164 Å². The number of aliphatic hydroxyl groups excluding tert-OH is 1. The molecule has 0 aliphatic rings. The first kappa shape index (κ1) is 20.2. The van der Waals surface area contributed by atoms with Crippen LogP contribution in [0.4, 0.5) is 4.39 Å². The third kappa shape index (κ3) is 4.82. The fourth-order valence-corrected chi connectivity index (χ4v) is 4.07. The van der Waals surface area contributed by atoms with Crippen molar-refractivity contribution in [2.75, 3.05) is 12.4 Å². The average molecular weight is 399 g/mol. The molecule has 3 rings (SSSR count). The van der Waals surface area contributed by atoms with Crippen molar-refractivity contribution in [2.45, 2.75) is 24.7 Å². The van der Waals surface area contributed by atoms with E-state index in [0.29, 0.717) is 11.1 Å². The number of nitrogens with zero attached hydrogens (tertiary/aromatic N) is 1. The van der Waals surface area contributed by atoms with Crippen LogP contribution in [0.15, 0.2) is 65.6 Å². The normalized spacial score (nSPS) is 11.5. The first-order valence-corrected chi connectivity index (χ1v) is 10.7. The molecule has 0 radical (unpaired) electrons. The van der Waals surface area contributed by atoms with Crippen LogP contribution in [0.2, 0.25) is 0 Å². The second-order valence-electron chi connectivity index (χ2n) is 6.65. The largest absolute Gasteiger partial charge is 0.395 e. The summed E-state index contributed by atoms with van der Waals surface area (Å²) in [5, 5.41) is 8.88. The van der Waals surface area contributed by atoms with Gasteiger partial charge < -0.3 is 5.11 Å². The van der Waals surface area contributed by atoms with Gasteiger partial charge in [0.25, 0.3) is 0 Å². The second kappa shape index (κ2) is 8.63. The van der Waals surface area contributed by atoms with Gasteiger partial charge in [0.05, 0.1) is 17.3 Å². The number of rotatable bonds is 7. The van der Waals surface area contributed by atoms with Gasteiger partial charge in [-0.3, -0.25) is 4.98 Å². The highest BCUT2D eigenvalue weighted by atomic mass is 32.2. The molecule has 0 bridgehead atoms. The van der Waals surface area contributed by atoms with Crippen LogP contribution in [-0.4, -0.2) is 30.9 Å². The molecule has 0 amide bonds. The summed E-state index contributed by atoms with van der Waals surface area (Å²) in [5.74, 6) is -0.688. The third-order valence-corrected chi connectivity index (χ3v) is 6.24. The van der Waals surface area contributed by atoms with Gasteiger partial charge in [0.2, 0.25) is 0 Å². The topological polar surface area (TPSA) is 67.3 Å². The van der Waals surface area contributed by atoms with Gasteiger partial charge in [0.15, 0.2) is 9.84 Å². The summed E-state index contributed by atoms with van der Waals surface area (Å²) >= 11 is 0. The molecule has 1 heterocycles. The van der Waals surface area contributed by atoms with Crippen LogP contribution in [-0.2, 0) is 22.7 Å². The number of hydrogen-bond acceptors (Lipinski definition) is 4. The molecule has 2 aromatic carbocycles. The fraction of sp³-hybridized carbons (Fsp3) is 0.227. The maximum Gasteiger partial charge on any atom is 0.180 e. The molecule has 0 spiro atoms. The highest BCUT2D eigenvalue weighted by molar-refractivity contribution is 7.91. The molecule has 0 saturated heterocycles. The highest BCUT2D eigenvalue weighted by Crippen LogP contribution is 2.26. The van der Waals surface area contributed by atoms with Gasteiger partial charge in [-0.1, -0.05) is 24.3 Å². The number of aromatic nitrogens is 1. The van der Waals surface area contributed by atoms with Crippen molar-refractivity contribution in [3.8, 4) is 11.1 Å². The molecule has 0 fully saturated rings. The van der Waals surface area contributed by atoms with Crippen molar-refractivity contribution in [1.29, 1.82) is 0 Å². The van der Waals surface area contributed by atoms with Gasteiger partial charge in [-0.25, -0.2) is 12.8 Å². The number of hydrogen-bond donors (Lipinski definition) is 1. The van der Waals surface area contributed by atoms with Crippen LogP contribution in [0, 0.1) is 12.7 Å². The summed E-state index contributed by atoms with van der Waals surface area (Å²) in [6.45, 7) is 1.51. The van der Waals surface area contributed by atoms with Gasteiger partial charge in [0, 0.05) is 17.0 Å². The lowest BCUT2D eigenvalue weighted by atomic mass is 9.99. The predicted octanol–water partition coefficient (Wildman–Crippen LogP) is 3.75. The lowest BCUT2D eigenvalue weighted by Gasteiger charge is -2.09. The van der Waals surface area contributed by atoms with Crippen LogP contribution >= 0.6 is 0 Å². The highest BCUT2D eigenvalue weighted by Gasteiger charge is 2.14. The van der Waals surface area contributed by atoms with Crippen molar-refractivity contribution >= 4 is 9.84 Å². The molecule has 0 atom stereocenters. The average Bonchev–Trinajstić information content (AvgIpc) is 2.67. The zero-order valence-electron chi connectivity index (χ0n) is 15.6. The number of benzene rings is 2. The van der Waals surface area contributed by atoms with Crippen LogP contribution < -0.4 is 0 Å². The molecule has 0 unspecified atom stereocenters. The van der Waals surface area contributed by atoms with E-state index in [-0.39, 0.29) is 16.5 Å². The lowest BCUT2D eigenvalue weighted by Crippen LogP contribution is -2.09. The number of pyridine rings is 1. The third-order valence-electron chi connectivity index (χ3n) is 4.53. The monoisotopic (exact) mass is 399 g/mol. The zero-order chi connectivity index (χ0) is 20.1. The van der Waals surface area contributed by atoms with E-state index in [4.69, 9.17) is 5.11 Å². The summed E-state index contributed by atoms with van der Waals surface area (Å²) < 4.78 is 38.4. The van der Waals surface area contributed by atoms with Crippen molar-refractivity contribution in [3.63, 3.8) is 0 Å². The van der Waals surface area contributed by atoms with E-state index in [1.165, 1.54) is 18.2 Å². The van der Waals surface area contributed by atoms with Crippen molar-refractivity contribution in [2.24, 2.45) is 0 Å². The molecule has 3 aromatic rings. The van der Waals surface area contributed by atoms with E-state index in [1.807, 2.05) is 25.1 Å². The molecule has 0 saturated carbocycles. The standard InChI is InChI=1S/C22H22FNO3S/c1-16-3-2-4-19(24-16)9-5-17-6-12-22(23)21(15-17)18-7-10-20(11-8-18)28(26,27)14-13-25/h2-4,6-8,10-12,15,25H,5,9,13-14H2,1H3. The van der Waals surface area contributed by atoms with E-state index in [0.717, 1.165) is 29.8 Å². The van der Waals surface area contributed by atoms with E-state index < -0.39 is 16.4 Å². The lowest BCUT2D eigenvalue weighted by molar-refractivity contribution is 0.319. The Morgan fingerprint density at radius 1 is 1.00 bits per heavy atom. The number of halogens is 1. The van der Waals surface area contributed by atoms with Gasteiger partial charge in [-0.2, -0.15) is 0 Å². The maximum atomic E-state index is 14.4. The van der Waals surface area contributed by atoms with Crippen molar-refractivity contribution < 1.29 is 17.9 Å². The molecule has 1 aromatic heterocycles. The van der Waals surface area contributed by atoms with Gasteiger partial charge in [-0.15, -0.1) is 0 Å². The summed E-state index contributed by atoms with van der Waals surface area (Å²) in [7, 11) is -3.52. The SMILES string of the molecule is Cc1cccc(CCc2ccc(F)c(-c3ccc(S(=O)(=O)CCO)cc3)c2)n1. The summed E-state index contributed by atoms with van der Waals surface area (Å²) in [5.41, 5.74) is 3.98. The summed E-state index contributed by atoms with van der Waals surface area (Å²) in [4.78, 5) is 4.60. The Morgan fingerprint density at radius 2 is 1.75 bits per heavy atom. The molecule has 4 nitrogen and oxygen atoms in total. The van der Waals surface area contributed by atoms with Crippen LogP contribution in [0.5, 0.6) is 0 Å².